The second-order valence-electron chi connectivity index (χ2n) is 9.40. The molecule has 0 heterocycles. The second kappa shape index (κ2) is 11.0. The van der Waals surface area contributed by atoms with Crippen molar-refractivity contribution in [1.29, 1.82) is 0 Å². The van der Waals surface area contributed by atoms with Crippen molar-refractivity contribution in [3.63, 3.8) is 0 Å². The molecule has 2 aliphatic carbocycles. The van der Waals surface area contributed by atoms with Crippen LogP contribution in [0.4, 0.5) is 0 Å². The zero-order chi connectivity index (χ0) is 19.9. The molecule has 156 valence electrons. The minimum atomic E-state index is -0.358. The van der Waals surface area contributed by atoms with E-state index >= 15 is 0 Å². The molecule has 0 aromatic carbocycles. The molecule has 2 nitrogen and oxygen atoms in total. The summed E-state index contributed by atoms with van der Waals surface area (Å²) in [5.74, 6) is 1.03. The second-order valence-corrected chi connectivity index (χ2v) is 9.96. The van der Waals surface area contributed by atoms with Crippen molar-refractivity contribution < 1.29 is 10.2 Å². The van der Waals surface area contributed by atoms with Crippen LogP contribution in [0.15, 0.2) is 24.3 Å². The molecule has 0 saturated heterocycles. The Morgan fingerprint density at radius 3 is 2.52 bits per heavy atom. The predicted molar refractivity (Wildman–Crippen MR) is 116 cm³/mol. The molecule has 0 radical (unpaired) electrons. The Morgan fingerprint density at radius 2 is 1.93 bits per heavy atom. The van der Waals surface area contributed by atoms with Crippen LogP contribution >= 0.6 is 11.6 Å². The maximum Gasteiger partial charge on any atom is 0.0630 e. The highest BCUT2D eigenvalue weighted by Gasteiger charge is 2.43. The Morgan fingerprint density at radius 1 is 1.19 bits per heavy atom. The first-order valence-corrected chi connectivity index (χ1v) is 11.6. The lowest BCUT2D eigenvalue weighted by molar-refractivity contribution is -0.0473. The summed E-state index contributed by atoms with van der Waals surface area (Å²) >= 11 is 6.53. The van der Waals surface area contributed by atoms with Gasteiger partial charge in [0.2, 0.25) is 0 Å². The van der Waals surface area contributed by atoms with Crippen LogP contribution in [0.2, 0.25) is 0 Å². The van der Waals surface area contributed by atoms with E-state index in [-0.39, 0.29) is 28.9 Å². The molecule has 2 aliphatic rings. The number of unbranched alkanes of at least 4 members (excludes halogenated alkanes) is 2. The number of hydrogen-bond donors (Lipinski definition) is 2. The number of aliphatic hydroxyl groups is 2. The third-order valence-corrected chi connectivity index (χ3v) is 7.26. The van der Waals surface area contributed by atoms with Crippen LogP contribution in [0.25, 0.3) is 0 Å². The van der Waals surface area contributed by atoms with Gasteiger partial charge in [-0.25, -0.2) is 0 Å². The van der Waals surface area contributed by atoms with E-state index in [0.717, 1.165) is 32.1 Å². The summed E-state index contributed by atoms with van der Waals surface area (Å²) in [6.45, 7) is 6.70. The molecule has 1 unspecified atom stereocenters. The summed E-state index contributed by atoms with van der Waals surface area (Å²) in [6, 6.07) is 0. The highest BCUT2D eigenvalue weighted by atomic mass is 35.5. The summed E-state index contributed by atoms with van der Waals surface area (Å²) < 4.78 is 0. The first-order chi connectivity index (χ1) is 12.9. The topological polar surface area (TPSA) is 40.5 Å². The maximum atomic E-state index is 10.8. The van der Waals surface area contributed by atoms with Gasteiger partial charge in [0.15, 0.2) is 0 Å². The SMILES string of the molecule is CCCC/C=C\C[C@@H]1[C@@H](/C=C/CC(O)C2(CC(C)C)CCC2)[C@H](O)C[C@H]1Cl. The highest BCUT2D eigenvalue weighted by Crippen LogP contribution is 2.49. The zero-order valence-corrected chi connectivity index (χ0v) is 18.4. The van der Waals surface area contributed by atoms with E-state index in [9.17, 15) is 10.2 Å². The van der Waals surface area contributed by atoms with Gasteiger partial charge in [-0.1, -0.05) is 64.3 Å². The molecule has 0 amide bonds. The third-order valence-electron chi connectivity index (χ3n) is 6.76. The lowest BCUT2D eigenvalue weighted by Crippen LogP contribution is -2.42. The molecule has 2 saturated carbocycles. The van der Waals surface area contributed by atoms with Gasteiger partial charge in [0.05, 0.1) is 12.2 Å². The lowest BCUT2D eigenvalue weighted by Gasteiger charge is -2.46. The highest BCUT2D eigenvalue weighted by molar-refractivity contribution is 6.21. The van der Waals surface area contributed by atoms with Crippen LogP contribution in [0, 0.1) is 23.2 Å². The average molecular weight is 397 g/mol. The van der Waals surface area contributed by atoms with Crippen LogP contribution in [0.1, 0.15) is 85.0 Å². The Kier molecular flexibility index (Phi) is 9.38. The van der Waals surface area contributed by atoms with E-state index in [2.05, 4.69) is 45.1 Å². The van der Waals surface area contributed by atoms with Crippen molar-refractivity contribution in [2.24, 2.45) is 23.2 Å². The molecular weight excluding hydrogens is 356 g/mol. The van der Waals surface area contributed by atoms with Gasteiger partial charge in [-0.3, -0.25) is 0 Å². The Bertz CT molecular complexity index is 481. The number of halogens is 1. The first kappa shape index (κ1) is 23.0. The monoisotopic (exact) mass is 396 g/mol. The molecule has 3 heteroatoms. The molecule has 0 spiro atoms. The molecular formula is C24H41ClO2. The molecule has 0 bridgehead atoms. The summed E-state index contributed by atoms with van der Waals surface area (Å²) in [4.78, 5) is 0. The van der Waals surface area contributed by atoms with Crippen LogP contribution in [-0.2, 0) is 0 Å². The van der Waals surface area contributed by atoms with E-state index in [1.807, 2.05) is 0 Å². The fourth-order valence-corrected chi connectivity index (χ4v) is 5.54. The normalized spacial score (nSPS) is 31.8. The molecule has 2 fully saturated rings. The van der Waals surface area contributed by atoms with Crippen molar-refractivity contribution in [1.82, 2.24) is 0 Å². The number of allylic oxidation sites excluding steroid dienone is 2. The Hall–Kier alpha value is -0.310. The van der Waals surface area contributed by atoms with E-state index in [4.69, 9.17) is 11.6 Å². The van der Waals surface area contributed by atoms with Crippen molar-refractivity contribution in [3.8, 4) is 0 Å². The Balaban J connectivity index is 1.89. The lowest BCUT2D eigenvalue weighted by atomic mass is 9.60. The quantitative estimate of drug-likeness (QED) is 0.246. The van der Waals surface area contributed by atoms with Gasteiger partial charge in [0, 0.05) is 11.3 Å². The van der Waals surface area contributed by atoms with E-state index in [1.165, 1.54) is 19.3 Å². The standard InChI is InChI=1S/C24H41ClO2/c1-4-5-6-7-8-11-19-20(22(26)16-21(19)25)12-9-13-23(27)24(14-10-15-24)17-18(2)3/h7-9,12,18-23,26-27H,4-6,10-11,13-17H2,1-3H3/b8-7-,12-9+/t19-,20-,21-,22-,23?/m1/s1. The largest absolute Gasteiger partial charge is 0.392 e. The maximum absolute atomic E-state index is 10.8. The van der Waals surface area contributed by atoms with Crippen molar-refractivity contribution in [2.75, 3.05) is 0 Å². The average Bonchev–Trinajstić information content (AvgIpc) is 2.84. The van der Waals surface area contributed by atoms with E-state index < -0.39 is 0 Å². The number of rotatable bonds is 11. The van der Waals surface area contributed by atoms with Crippen molar-refractivity contribution in [2.45, 2.75) is 103 Å². The van der Waals surface area contributed by atoms with Crippen molar-refractivity contribution >= 4 is 11.6 Å². The summed E-state index contributed by atoms with van der Waals surface area (Å²) in [5, 5.41) is 21.3. The van der Waals surface area contributed by atoms with Gasteiger partial charge in [0.25, 0.3) is 0 Å². The Labute approximate surface area is 172 Å². The summed E-state index contributed by atoms with van der Waals surface area (Å²) in [7, 11) is 0. The van der Waals surface area contributed by atoms with Crippen LogP contribution in [-0.4, -0.2) is 27.8 Å². The molecule has 2 N–H and O–H groups in total. The van der Waals surface area contributed by atoms with Crippen LogP contribution in [0.5, 0.6) is 0 Å². The third kappa shape index (κ3) is 6.34. The van der Waals surface area contributed by atoms with Gasteiger partial charge >= 0.3 is 0 Å². The number of hydrogen-bond acceptors (Lipinski definition) is 2. The number of alkyl halides is 1. The minimum absolute atomic E-state index is 0.0364. The zero-order valence-electron chi connectivity index (χ0n) is 17.6. The molecule has 2 rings (SSSR count). The van der Waals surface area contributed by atoms with Gasteiger partial charge in [-0.05, 0) is 62.2 Å². The van der Waals surface area contributed by atoms with Crippen LogP contribution < -0.4 is 0 Å². The summed E-state index contributed by atoms with van der Waals surface area (Å²) in [6.07, 6.45) is 18.7. The van der Waals surface area contributed by atoms with Crippen LogP contribution in [0.3, 0.4) is 0 Å². The smallest absolute Gasteiger partial charge is 0.0630 e. The van der Waals surface area contributed by atoms with E-state index in [1.54, 1.807) is 0 Å². The molecule has 27 heavy (non-hydrogen) atoms. The van der Waals surface area contributed by atoms with E-state index in [0.29, 0.717) is 24.7 Å². The van der Waals surface area contributed by atoms with Gasteiger partial charge in [0.1, 0.15) is 0 Å². The molecule has 0 aromatic rings. The van der Waals surface area contributed by atoms with Gasteiger partial charge in [-0.15, -0.1) is 11.6 Å². The first-order valence-electron chi connectivity index (χ1n) is 11.2. The predicted octanol–water partition coefficient (Wildman–Crippen LogP) is 6.25. The van der Waals surface area contributed by atoms with Gasteiger partial charge < -0.3 is 10.2 Å². The number of aliphatic hydroxyl groups excluding tert-OH is 2. The fourth-order valence-electron chi connectivity index (χ4n) is 5.09. The minimum Gasteiger partial charge on any atom is -0.392 e. The molecule has 0 aliphatic heterocycles. The fraction of sp³-hybridized carbons (Fsp3) is 0.833. The molecule has 5 atom stereocenters. The van der Waals surface area contributed by atoms with Gasteiger partial charge in [-0.2, -0.15) is 0 Å². The van der Waals surface area contributed by atoms with Crippen molar-refractivity contribution in [3.05, 3.63) is 24.3 Å². The molecule has 0 aromatic heterocycles. The summed E-state index contributed by atoms with van der Waals surface area (Å²) in [5.41, 5.74) is 0.128.